The molecule has 78 valence electrons. The van der Waals surface area contributed by atoms with Crippen LogP contribution >= 0.6 is 0 Å². The molecule has 1 aromatic rings. The molecule has 0 aliphatic carbocycles. The normalized spacial score (nSPS) is 13.6. The molecule has 0 heterocycles. The highest BCUT2D eigenvalue weighted by atomic mass is 15.5. The molecule has 0 saturated carbocycles. The first-order valence-corrected chi connectivity index (χ1v) is 5.09. The Morgan fingerprint density at radius 2 is 1.64 bits per heavy atom. The summed E-state index contributed by atoms with van der Waals surface area (Å²) < 4.78 is 0. The zero-order valence-corrected chi connectivity index (χ0v) is 9.49. The van der Waals surface area contributed by atoms with E-state index in [0.717, 1.165) is 0 Å². The van der Waals surface area contributed by atoms with Gasteiger partial charge in [0.05, 0.1) is 0 Å². The van der Waals surface area contributed by atoms with Gasteiger partial charge in [0, 0.05) is 20.1 Å². The van der Waals surface area contributed by atoms with Gasteiger partial charge in [0.15, 0.2) is 0 Å². The Kier molecular flexibility index (Phi) is 4.11. The molecule has 1 N–H and O–H groups in total. The minimum Gasteiger partial charge on any atom is -0.250 e. The molecule has 0 radical (unpaired) electrons. The van der Waals surface area contributed by atoms with Crippen molar-refractivity contribution in [3.05, 3.63) is 35.9 Å². The summed E-state index contributed by atoms with van der Waals surface area (Å²) in [6.07, 6.45) is 0. The molecule has 0 aliphatic rings. The van der Waals surface area contributed by atoms with Gasteiger partial charge in [-0.25, -0.2) is 5.43 Å². The van der Waals surface area contributed by atoms with Gasteiger partial charge >= 0.3 is 0 Å². The SMILES string of the molecule is CC(C)C(NN(C)C)c1ccccc1. The van der Waals surface area contributed by atoms with Crippen LogP contribution in [-0.2, 0) is 0 Å². The van der Waals surface area contributed by atoms with E-state index < -0.39 is 0 Å². The van der Waals surface area contributed by atoms with Gasteiger partial charge in [0.25, 0.3) is 0 Å². The van der Waals surface area contributed by atoms with E-state index in [1.54, 1.807) is 0 Å². The van der Waals surface area contributed by atoms with Crippen LogP contribution in [0.25, 0.3) is 0 Å². The lowest BCUT2D eigenvalue weighted by atomic mass is 9.97. The van der Waals surface area contributed by atoms with E-state index in [9.17, 15) is 0 Å². The van der Waals surface area contributed by atoms with Crippen molar-refractivity contribution in [2.45, 2.75) is 19.9 Å². The molecule has 14 heavy (non-hydrogen) atoms. The van der Waals surface area contributed by atoms with E-state index in [-0.39, 0.29) is 0 Å². The molecule has 0 saturated heterocycles. The first-order valence-electron chi connectivity index (χ1n) is 5.09. The summed E-state index contributed by atoms with van der Waals surface area (Å²) in [5.74, 6) is 0.583. The standard InChI is InChI=1S/C12H20N2/c1-10(2)12(13-14(3)4)11-8-6-5-7-9-11/h5-10,12-13H,1-4H3. The molecule has 0 aliphatic heterocycles. The fourth-order valence-electron chi connectivity index (χ4n) is 1.55. The van der Waals surface area contributed by atoms with Crippen molar-refractivity contribution in [2.75, 3.05) is 14.1 Å². The predicted octanol–water partition coefficient (Wildman–Crippen LogP) is 2.45. The van der Waals surface area contributed by atoms with Gasteiger partial charge in [-0.2, -0.15) is 0 Å². The summed E-state index contributed by atoms with van der Waals surface area (Å²) in [7, 11) is 4.05. The van der Waals surface area contributed by atoms with Crippen molar-refractivity contribution in [3.8, 4) is 0 Å². The number of benzene rings is 1. The molecule has 1 unspecified atom stereocenters. The van der Waals surface area contributed by atoms with Gasteiger partial charge in [0.2, 0.25) is 0 Å². The second-order valence-electron chi connectivity index (χ2n) is 4.16. The molecule has 2 heteroatoms. The average molecular weight is 192 g/mol. The third-order valence-electron chi connectivity index (χ3n) is 2.22. The molecule has 1 atom stereocenters. The van der Waals surface area contributed by atoms with Gasteiger partial charge in [-0.3, -0.25) is 5.01 Å². The topological polar surface area (TPSA) is 15.3 Å². The first kappa shape index (κ1) is 11.2. The van der Waals surface area contributed by atoms with Crippen molar-refractivity contribution in [2.24, 2.45) is 5.92 Å². The lowest BCUT2D eigenvalue weighted by molar-refractivity contribution is 0.210. The molecule has 2 nitrogen and oxygen atoms in total. The summed E-state index contributed by atoms with van der Waals surface area (Å²) >= 11 is 0. The molecular weight excluding hydrogens is 172 g/mol. The van der Waals surface area contributed by atoms with Gasteiger partial charge in [0.1, 0.15) is 0 Å². The minimum absolute atomic E-state index is 0.395. The number of hydrogen-bond donors (Lipinski definition) is 1. The second kappa shape index (κ2) is 5.13. The number of nitrogens with zero attached hydrogens (tertiary/aromatic N) is 1. The van der Waals surface area contributed by atoms with Crippen LogP contribution in [0.5, 0.6) is 0 Å². The molecule has 0 fully saturated rings. The Balaban J connectivity index is 2.78. The van der Waals surface area contributed by atoms with Gasteiger partial charge in [-0.15, -0.1) is 0 Å². The van der Waals surface area contributed by atoms with Crippen LogP contribution in [0.1, 0.15) is 25.5 Å². The Bertz CT molecular complexity index is 254. The van der Waals surface area contributed by atoms with Gasteiger partial charge in [-0.1, -0.05) is 44.2 Å². The Hall–Kier alpha value is -0.860. The van der Waals surface area contributed by atoms with E-state index in [0.29, 0.717) is 12.0 Å². The zero-order valence-electron chi connectivity index (χ0n) is 9.49. The number of nitrogens with one attached hydrogen (secondary N) is 1. The van der Waals surface area contributed by atoms with Crippen LogP contribution < -0.4 is 5.43 Å². The Morgan fingerprint density at radius 1 is 1.07 bits per heavy atom. The van der Waals surface area contributed by atoms with E-state index in [1.165, 1.54) is 5.56 Å². The van der Waals surface area contributed by atoms with Crippen LogP contribution in [0, 0.1) is 5.92 Å². The molecule has 1 aromatic carbocycles. The summed E-state index contributed by atoms with van der Waals surface area (Å²) in [6, 6.07) is 11.0. The highest BCUT2D eigenvalue weighted by molar-refractivity contribution is 5.19. The van der Waals surface area contributed by atoms with Crippen molar-refractivity contribution in [3.63, 3.8) is 0 Å². The third-order valence-corrected chi connectivity index (χ3v) is 2.22. The molecule has 0 amide bonds. The lowest BCUT2D eigenvalue weighted by Gasteiger charge is -2.26. The maximum absolute atomic E-state index is 3.43. The summed E-state index contributed by atoms with van der Waals surface area (Å²) in [6.45, 7) is 4.46. The highest BCUT2D eigenvalue weighted by Crippen LogP contribution is 2.20. The molecule has 1 rings (SSSR count). The number of rotatable bonds is 4. The summed E-state index contributed by atoms with van der Waals surface area (Å²) in [5.41, 5.74) is 4.77. The highest BCUT2D eigenvalue weighted by Gasteiger charge is 2.15. The summed E-state index contributed by atoms with van der Waals surface area (Å²) in [4.78, 5) is 0. The van der Waals surface area contributed by atoms with Crippen LogP contribution in [0.15, 0.2) is 30.3 Å². The van der Waals surface area contributed by atoms with E-state index >= 15 is 0 Å². The van der Waals surface area contributed by atoms with E-state index in [4.69, 9.17) is 0 Å². The largest absolute Gasteiger partial charge is 0.250 e. The maximum atomic E-state index is 3.43. The van der Waals surface area contributed by atoms with Crippen LogP contribution in [0.2, 0.25) is 0 Å². The smallest absolute Gasteiger partial charge is 0.0487 e. The molecular formula is C12H20N2. The first-order chi connectivity index (χ1) is 6.61. The quantitative estimate of drug-likeness (QED) is 0.737. The third kappa shape index (κ3) is 3.13. The molecule has 0 bridgehead atoms. The Labute approximate surface area is 86.9 Å². The predicted molar refractivity (Wildman–Crippen MR) is 60.8 cm³/mol. The minimum atomic E-state index is 0.395. The van der Waals surface area contributed by atoms with Crippen molar-refractivity contribution < 1.29 is 0 Å². The van der Waals surface area contributed by atoms with Crippen molar-refractivity contribution >= 4 is 0 Å². The second-order valence-corrected chi connectivity index (χ2v) is 4.16. The summed E-state index contributed by atoms with van der Waals surface area (Å²) in [5, 5.41) is 2.01. The molecule has 0 aromatic heterocycles. The fraction of sp³-hybridized carbons (Fsp3) is 0.500. The zero-order chi connectivity index (χ0) is 10.6. The van der Waals surface area contributed by atoms with E-state index in [2.05, 4.69) is 49.6 Å². The van der Waals surface area contributed by atoms with Crippen LogP contribution in [0.3, 0.4) is 0 Å². The average Bonchev–Trinajstić information content (AvgIpc) is 2.15. The monoisotopic (exact) mass is 192 g/mol. The maximum Gasteiger partial charge on any atom is 0.0487 e. The number of hydrogen-bond acceptors (Lipinski definition) is 2. The number of hydrazine groups is 1. The van der Waals surface area contributed by atoms with E-state index in [1.807, 2.05) is 19.1 Å². The van der Waals surface area contributed by atoms with Gasteiger partial charge in [-0.05, 0) is 11.5 Å². The molecule has 0 spiro atoms. The van der Waals surface area contributed by atoms with Gasteiger partial charge < -0.3 is 0 Å². The van der Waals surface area contributed by atoms with Crippen LogP contribution in [0.4, 0.5) is 0 Å². The van der Waals surface area contributed by atoms with Crippen molar-refractivity contribution in [1.82, 2.24) is 10.4 Å². The Morgan fingerprint density at radius 3 is 2.07 bits per heavy atom. The lowest BCUT2D eigenvalue weighted by Crippen LogP contribution is -2.36. The van der Waals surface area contributed by atoms with Crippen LogP contribution in [-0.4, -0.2) is 19.1 Å². The van der Waals surface area contributed by atoms with Crippen molar-refractivity contribution in [1.29, 1.82) is 0 Å². The fourth-order valence-corrected chi connectivity index (χ4v) is 1.55.